The van der Waals surface area contributed by atoms with Crippen LogP contribution in [0.15, 0.2) is 29.2 Å². The molecule has 0 aromatic heterocycles. The number of hydrogen-bond acceptors (Lipinski definition) is 4. The molecular formula is C15H22N2O2S. The van der Waals surface area contributed by atoms with Gasteiger partial charge in [-0.25, -0.2) is 0 Å². The van der Waals surface area contributed by atoms with Gasteiger partial charge in [-0.3, -0.25) is 4.79 Å². The maximum absolute atomic E-state index is 12.1. The molecule has 2 rings (SSSR count). The van der Waals surface area contributed by atoms with Gasteiger partial charge >= 0.3 is 0 Å². The Morgan fingerprint density at radius 1 is 1.40 bits per heavy atom. The molecule has 1 atom stereocenters. The van der Waals surface area contributed by atoms with Crippen molar-refractivity contribution in [3.8, 4) is 0 Å². The standard InChI is InChI=1S/C15H22N2O2S/c1-20-13-4-2-11(3-5-13)10-17-15(18)14(16)12-6-8-19-9-7-12/h2-5,12,14H,6-10,16H2,1H3,(H,17,18). The van der Waals surface area contributed by atoms with Crippen molar-refractivity contribution in [2.45, 2.75) is 30.3 Å². The molecule has 0 radical (unpaired) electrons. The van der Waals surface area contributed by atoms with E-state index in [0.717, 1.165) is 18.4 Å². The zero-order valence-corrected chi connectivity index (χ0v) is 12.6. The van der Waals surface area contributed by atoms with E-state index in [1.54, 1.807) is 11.8 Å². The number of benzene rings is 1. The summed E-state index contributed by atoms with van der Waals surface area (Å²) < 4.78 is 5.29. The van der Waals surface area contributed by atoms with Crippen LogP contribution in [0.1, 0.15) is 18.4 Å². The van der Waals surface area contributed by atoms with Crippen LogP contribution in [0.2, 0.25) is 0 Å². The van der Waals surface area contributed by atoms with Gasteiger partial charge in [0.2, 0.25) is 5.91 Å². The molecule has 1 saturated heterocycles. The highest BCUT2D eigenvalue weighted by Crippen LogP contribution is 2.18. The second-order valence-corrected chi connectivity index (χ2v) is 5.92. The second kappa shape index (κ2) is 7.67. The molecule has 1 heterocycles. The van der Waals surface area contributed by atoms with E-state index < -0.39 is 6.04 Å². The Hall–Kier alpha value is -1.04. The third-order valence-electron chi connectivity index (χ3n) is 3.70. The quantitative estimate of drug-likeness (QED) is 0.813. The summed E-state index contributed by atoms with van der Waals surface area (Å²) in [6.07, 6.45) is 3.79. The smallest absolute Gasteiger partial charge is 0.237 e. The van der Waals surface area contributed by atoms with Crippen LogP contribution < -0.4 is 11.1 Å². The predicted octanol–water partition coefficient (Wildman–Crippen LogP) is 1.78. The summed E-state index contributed by atoms with van der Waals surface area (Å²) in [7, 11) is 0. The number of amides is 1. The van der Waals surface area contributed by atoms with Crippen LogP contribution in [-0.4, -0.2) is 31.4 Å². The molecule has 0 aliphatic carbocycles. The summed E-state index contributed by atoms with van der Waals surface area (Å²) in [6.45, 7) is 1.95. The Bertz CT molecular complexity index is 430. The number of nitrogens with one attached hydrogen (secondary N) is 1. The molecular weight excluding hydrogens is 272 g/mol. The van der Waals surface area contributed by atoms with Gasteiger partial charge < -0.3 is 15.8 Å². The minimum Gasteiger partial charge on any atom is -0.381 e. The van der Waals surface area contributed by atoms with Crippen LogP contribution in [0.3, 0.4) is 0 Å². The van der Waals surface area contributed by atoms with Gasteiger partial charge in [0, 0.05) is 24.7 Å². The molecule has 1 aromatic carbocycles. The number of carbonyl (C=O) groups excluding carboxylic acids is 1. The van der Waals surface area contributed by atoms with Crippen molar-refractivity contribution in [2.24, 2.45) is 11.7 Å². The van der Waals surface area contributed by atoms with Crippen molar-refractivity contribution in [1.29, 1.82) is 0 Å². The van der Waals surface area contributed by atoms with E-state index in [9.17, 15) is 4.79 Å². The van der Waals surface area contributed by atoms with E-state index in [0.29, 0.717) is 19.8 Å². The topological polar surface area (TPSA) is 64.4 Å². The molecule has 5 heteroatoms. The molecule has 1 fully saturated rings. The highest BCUT2D eigenvalue weighted by molar-refractivity contribution is 7.98. The number of ether oxygens (including phenoxy) is 1. The Kier molecular flexibility index (Phi) is 5.88. The maximum atomic E-state index is 12.1. The molecule has 110 valence electrons. The van der Waals surface area contributed by atoms with E-state index in [1.807, 2.05) is 18.4 Å². The lowest BCUT2D eigenvalue weighted by atomic mass is 9.92. The predicted molar refractivity (Wildman–Crippen MR) is 81.6 cm³/mol. The Balaban J connectivity index is 1.81. The van der Waals surface area contributed by atoms with Crippen molar-refractivity contribution in [3.05, 3.63) is 29.8 Å². The summed E-state index contributed by atoms with van der Waals surface area (Å²) in [6, 6.07) is 7.76. The van der Waals surface area contributed by atoms with Crippen LogP contribution in [0, 0.1) is 5.92 Å². The third kappa shape index (κ3) is 4.23. The van der Waals surface area contributed by atoms with Crippen LogP contribution in [0.4, 0.5) is 0 Å². The number of nitrogens with two attached hydrogens (primary N) is 1. The second-order valence-electron chi connectivity index (χ2n) is 5.04. The first kappa shape index (κ1) is 15.4. The summed E-state index contributed by atoms with van der Waals surface area (Å²) in [5, 5.41) is 2.92. The molecule has 0 spiro atoms. The van der Waals surface area contributed by atoms with Gasteiger partial charge in [-0.15, -0.1) is 11.8 Å². The maximum Gasteiger partial charge on any atom is 0.237 e. The molecule has 1 aliphatic heterocycles. The Morgan fingerprint density at radius 2 is 2.05 bits per heavy atom. The summed E-state index contributed by atoms with van der Waals surface area (Å²) >= 11 is 1.71. The Morgan fingerprint density at radius 3 is 2.65 bits per heavy atom. The SMILES string of the molecule is CSc1ccc(CNC(=O)C(N)C2CCOCC2)cc1. The lowest BCUT2D eigenvalue weighted by Crippen LogP contribution is -2.46. The number of hydrogen-bond donors (Lipinski definition) is 2. The van der Waals surface area contributed by atoms with E-state index in [1.165, 1.54) is 4.90 Å². The van der Waals surface area contributed by atoms with Crippen molar-refractivity contribution >= 4 is 17.7 Å². The molecule has 0 bridgehead atoms. The zero-order chi connectivity index (χ0) is 14.4. The minimum atomic E-state index is -0.427. The van der Waals surface area contributed by atoms with Gasteiger partial charge in [-0.05, 0) is 42.7 Å². The monoisotopic (exact) mass is 294 g/mol. The molecule has 0 saturated carbocycles. The van der Waals surface area contributed by atoms with Crippen molar-refractivity contribution in [2.75, 3.05) is 19.5 Å². The highest BCUT2D eigenvalue weighted by Gasteiger charge is 2.26. The first-order valence-corrected chi connectivity index (χ1v) is 8.17. The van der Waals surface area contributed by atoms with E-state index in [-0.39, 0.29) is 11.8 Å². The fourth-order valence-corrected chi connectivity index (χ4v) is 2.75. The van der Waals surface area contributed by atoms with Crippen molar-refractivity contribution in [3.63, 3.8) is 0 Å². The lowest BCUT2D eigenvalue weighted by molar-refractivity contribution is -0.124. The van der Waals surface area contributed by atoms with Gasteiger partial charge in [0.1, 0.15) is 0 Å². The average molecular weight is 294 g/mol. The lowest BCUT2D eigenvalue weighted by Gasteiger charge is -2.26. The molecule has 4 nitrogen and oxygen atoms in total. The number of thioether (sulfide) groups is 1. The number of carbonyl (C=O) groups is 1. The third-order valence-corrected chi connectivity index (χ3v) is 4.45. The molecule has 1 aliphatic rings. The summed E-state index contributed by atoms with van der Waals surface area (Å²) in [5.74, 6) is 0.175. The van der Waals surface area contributed by atoms with Gasteiger partial charge in [0.05, 0.1) is 6.04 Å². The first-order chi connectivity index (χ1) is 9.70. The molecule has 3 N–H and O–H groups in total. The van der Waals surface area contributed by atoms with Gasteiger partial charge in [0.25, 0.3) is 0 Å². The van der Waals surface area contributed by atoms with Crippen molar-refractivity contribution < 1.29 is 9.53 Å². The molecule has 1 unspecified atom stereocenters. The van der Waals surface area contributed by atoms with Crippen molar-refractivity contribution in [1.82, 2.24) is 5.32 Å². The largest absolute Gasteiger partial charge is 0.381 e. The van der Waals surface area contributed by atoms with Crippen LogP contribution in [0.25, 0.3) is 0 Å². The molecule has 20 heavy (non-hydrogen) atoms. The number of rotatable bonds is 5. The van der Waals surface area contributed by atoms with E-state index in [4.69, 9.17) is 10.5 Å². The fourth-order valence-electron chi connectivity index (χ4n) is 2.34. The van der Waals surface area contributed by atoms with Crippen LogP contribution >= 0.6 is 11.8 Å². The summed E-state index contributed by atoms with van der Waals surface area (Å²) in [4.78, 5) is 13.3. The first-order valence-electron chi connectivity index (χ1n) is 6.94. The summed E-state index contributed by atoms with van der Waals surface area (Å²) in [5.41, 5.74) is 7.12. The molecule has 1 amide bonds. The van der Waals surface area contributed by atoms with Crippen LogP contribution in [-0.2, 0) is 16.1 Å². The van der Waals surface area contributed by atoms with Gasteiger partial charge in [0.15, 0.2) is 0 Å². The molecule has 1 aromatic rings. The van der Waals surface area contributed by atoms with E-state index >= 15 is 0 Å². The normalized spacial score (nSPS) is 17.7. The minimum absolute atomic E-state index is 0.0640. The van der Waals surface area contributed by atoms with Gasteiger partial charge in [-0.1, -0.05) is 12.1 Å². The van der Waals surface area contributed by atoms with Crippen LogP contribution in [0.5, 0.6) is 0 Å². The average Bonchev–Trinajstić information content (AvgIpc) is 2.53. The van der Waals surface area contributed by atoms with Gasteiger partial charge in [-0.2, -0.15) is 0 Å². The van der Waals surface area contributed by atoms with E-state index in [2.05, 4.69) is 17.4 Å². The zero-order valence-electron chi connectivity index (χ0n) is 11.8. The highest BCUT2D eigenvalue weighted by atomic mass is 32.2. The Labute approximate surface area is 124 Å². The fraction of sp³-hybridized carbons (Fsp3) is 0.533.